The number of nitrogens with one attached hydrogen (secondary N) is 1. The quantitative estimate of drug-likeness (QED) is 0.492. The molecule has 0 atom stereocenters. The minimum Gasteiger partial charge on any atom is -0.494 e. The van der Waals surface area contributed by atoms with Gasteiger partial charge in [0, 0.05) is 5.56 Å². The number of para-hydroxylation sites is 1. The summed E-state index contributed by atoms with van der Waals surface area (Å²) in [7, 11) is 1.39. The highest BCUT2D eigenvalue weighted by atomic mass is 19.1. The molecule has 6 nitrogen and oxygen atoms in total. The number of methoxy groups -OCH3 is 1. The number of benzene rings is 2. The Kier molecular flexibility index (Phi) is 6.06. The maximum Gasteiger partial charge on any atom is 0.307 e. The number of furan rings is 1. The van der Waals surface area contributed by atoms with Crippen molar-refractivity contribution in [3.63, 3.8) is 0 Å². The van der Waals surface area contributed by atoms with E-state index in [0.29, 0.717) is 22.8 Å². The van der Waals surface area contributed by atoms with Crippen molar-refractivity contribution in [1.82, 2.24) is 5.43 Å². The standard InChI is InChI=1S/C21H19FN2O4/c1-14(15-8-10-19(26-2)18(22)12-15)23-24-21(25)20-11-9-17(28-20)13-27-16-6-4-3-5-7-16/h3-12H,13H2,1-2H3,(H,24,25)/b23-14-. The molecular formula is C21H19FN2O4. The van der Waals surface area contributed by atoms with Crippen LogP contribution in [0.5, 0.6) is 11.5 Å². The first-order valence-corrected chi connectivity index (χ1v) is 8.52. The third kappa shape index (κ3) is 4.76. The second-order valence-corrected chi connectivity index (χ2v) is 5.86. The van der Waals surface area contributed by atoms with E-state index < -0.39 is 11.7 Å². The first-order chi connectivity index (χ1) is 13.6. The minimum absolute atomic E-state index is 0.101. The van der Waals surface area contributed by atoms with Crippen molar-refractivity contribution in [2.75, 3.05) is 7.11 Å². The Balaban J connectivity index is 1.59. The van der Waals surface area contributed by atoms with Gasteiger partial charge in [-0.15, -0.1) is 0 Å². The molecule has 0 aliphatic heterocycles. The van der Waals surface area contributed by atoms with Gasteiger partial charge in [-0.3, -0.25) is 4.79 Å². The van der Waals surface area contributed by atoms with Crippen LogP contribution in [0.2, 0.25) is 0 Å². The molecule has 2 aromatic carbocycles. The molecule has 0 unspecified atom stereocenters. The Labute approximate surface area is 161 Å². The molecule has 0 aliphatic rings. The van der Waals surface area contributed by atoms with Gasteiger partial charge in [0.15, 0.2) is 17.3 Å². The minimum atomic E-state index is -0.515. The fourth-order valence-corrected chi connectivity index (χ4v) is 2.39. The van der Waals surface area contributed by atoms with Crippen LogP contribution in [0.1, 0.15) is 28.8 Å². The van der Waals surface area contributed by atoms with Gasteiger partial charge in [0.1, 0.15) is 18.1 Å². The number of ether oxygens (including phenoxy) is 2. The molecule has 0 aliphatic carbocycles. The van der Waals surface area contributed by atoms with Gasteiger partial charge < -0.3 is 13.9 Å². The lowest BCUT2D eigenvalue weighted by molar-refractivity contribution is 0.0923. The molecule has 3 aromatic rings. The van der Waals surface area contributed by atoms with Gasteiger partial charge in [-0.1, -0.05) is 18.2 Å². The smallest absolute Gasteiger partial charge is 0.307 e. The van der Waals surface area contributed by atoms with E-state index in [1.54, 1.807) is 19.1 Å². The van der Waals surface area contributed by atoms with E-state index in [4.69, 9.17) is 13.9 Å². The third-order valence-corrected chi connectivity index (χ3v) is 3.90. The maximum atomic E-state index is 13.8. The average Bonchev–Trinajstić information content (AvgIpc) is 3.20. The number of rotatable bonds is 7. The van der Waals surface area contributed by atoms with Crippen LogP contribution >= 0.6 is 0 Å². The Morgan fingerprint density at radius 1 is 1.14 bits per heavy atom. The molecule has 1 aromatic heterocycles. The summed E-state index contributed by atoms with van der Waals surface area (Å²) in [6.45, 7) is 1.85. The van der Waals surface area contributed by atoms with Gasteiger partial charge in [-0.25, -0.2) is 9.82 Å². The van der Waals surface area contributed by atoms with Crippen molar-refractivity contribution in [3.8, 4) is 11.5 Å². The lowest BCUT2D eigenvalue weighted by Gasteiger charge is -2.05. The van der Waals surface area contributed by atoms with Crippen LogP contribution in [0.3, 0.4) is 0 Å². The Bertz CT molecular complexity index is 983. The summed E-state index contributed by atoms with van der Waals surface area (Å²) >= 11 is 0. The molecule has 0 radical (unpaired) electrons. The summed E-state index contributed by atoms with van der Waals surface area (Å²) < 4.78 is 29.7. The molecule has 28 heavy (non-hydrogen) atoms. The van der Waals surface area contributed by atoms with Crippen LogP contribution in [0, 0.1) is 5.82 Å². The molecule has 0 saturated carbocycles. The zero-order chi connectivity index (χ0) is 19.9. The molecule has 0 saturated heterocycles. The molecule has 144 valence electrons. The van der Waals surface area contributed by atoms with E-state index in [2.05, 4.69) is 10.5 Å². The summed E-state index contributed by atoms with van der Waals surface area (Å²) in [5.74, 6) is 0.434. The van der Waals surface area contributed by atoms with Gasteiger partial charge in [0.2, 0.25) is 0 Å². The third-order valence-electron chi connectivity index (χ3n) is 3.90. The van der Waals surface area contributed by atoms with E-state index in [1.807, 2.05) is 30.3 Å². The molecular weight excluding hydrogens is 363 g/mol. The van der Waals surface area contributed by atoms with Crippen molar-refractivity contribution in [2.45, 2.75) is 13.5 Å². The Morgan fingerprint density at radius 3 is 2.64 bits per heavy atom. The zero-order valence-electron chi connectivity index (χ0n) is 15.4. The van der Waals surface area contributed by atoms with E-state index in [1.165, 1.54) is 25.3 Å². The van der Waals surface area contributed by atoms with E-state index in [-0.39, 0.29) is 18.1 Å². The highest BCUT2D eigenvalue weighted by Gasteiger charge is 2.12. The fourth-order valence-electron chi connectivity index (χ4n) is 2.39. The number of amides is 1. The molecule has 1 amide bonds. The molecule has 0 spiro atoms. The lowest BCUT2D eigenvalue weighted by Crippen LogP contribution is -2.18. The predicted molar refractivity (Wildman–Crippen MR) is 102 cm³/mol. The number of halogens is 1. The molecule has 1 N–H and O–H groups in total. The van der Waals surface area contributed by atoms with Crippen LogP contribution in [-0.4, -0.2) is 18.7 Å². The highest BCUT2D eigenvalue weighted by Crippen LogP contribution is 2.18. The normalized spacial score (nSPS) is 11.2. The second kappa shape index (κ2) is 8.85. The topological polar surface area (TPSA) is 73.1 Å². The molecule has 0 bridgehead atoms. The first kappa shape index (κ1) is 19.2. The van der Waals surface area contributed by atoms with Gasteiger partial charge >= 0.3 is 5.91 Å². The largest absolute Gasteiger partial charge is 0.494 e. The number of carbonyl (C=O) groups is 1. The van der Waals surface area contributed by atoms with Crippen LogP contribution in [0.4, 0.5) is 4.39 Å². The van der Waals surface area contributed by atoms with Gasteiger partial charge in [0.25, 0.3) is 0 Å². The van der Waals surface area contributed by atoms with Crippen LogP contribution in [-0.2, 0) is 6.61 Å². The van der Waals surface area contributed by atoms with Gasteiger partial charge in [-0.2, -0.15) is 5.10 Å². The zero-order valence-corrected chi connectivity index (χ0v) is 15.4. The monoisotopic (exact) mass is 382 g/mol. The van der Waals surface area contributed by atoms with Crippen LogP contribution in [0.25, 0.3) is 0 Å². The van der Waals surface area contributed by atoms with Crippen LogP contribution < -0.4 is 14.9 Å². The first-order valence-electron chi connectivity index (χ1n) is 8.52. The van der Waals surface area contributed by atoms with Gasteiger partial charge in [-0.05, 0) is 49.4 Å². The predicted octanol–water partition coefficient (Wildman–Crippen LogP) is 4.16. The molecule has 0 fully saturated rings. The lowest BCUT2D eigenvalue weighted by atomic mass is 10.1. The summed E-state index contributed by atoms with van der Waals surface area (Å²) in [5.41, 5.74) is 3.36. The summed E-state index contributed by atoms with van der Waals surface area (Å²) in [6, 6.07) is 16.9. The van der Waals surface area contributed by atoms with Crippen molar-refractivity contribution in [2.24, 2.45) is 5.10 Å². The summed E-state index contributed by atoms with van der Waals surface area (Å²) in [6.07, 6.45) is 0. The van der Waals surface area contributed by atoms with Gasteiger partial charge in [0.05, 0.1) is 12.8 Å². The maximum absolute atomic E-state index is 13.8. The second-order valence-electron chi connectivity index (χ2n) is 5.86. The number of carbonyl (C=O) groups excluding carboxylic acids is 1. The fraction of sp³-hybridized carbons (Fsp3) is 0.143. The SMILES string of the molecule is COc1ccc(/C(C)=N\NC(=O)c2ccc(COc3ccccc3)o2)cc1F. The van der Waals surface area contributed by atoms with Crippen molar-refractivity contribution >= 4 is 11.6 Å². The molecule has 7 heteroatoms. The number of hydrogen-bond acceptors (Lipinski definition) is 5. The van der Waals surface area contributed by atoms with E-state index in [9.17, 15) is 9.18 Å². The number of nitrogens with zero attached hydrogens (tertiary/aromatic N) is 1. The summed E-state index contributed by atoms with van der Waals surface area (Å²) in [4.78, 5) is 12.2. The van der Waals surface area contributed by atoms with Crippen LogP contribution in [0.15, 0.2) is 70.2 Å². The average molecular weight is 382 g/mol. The van der Waals surface area contributed by atoms with Crippen molar-refractivity contribution < 1.29 is 23.1 Å². The summed E-state index contributed by atoms with van der Waals surface area (Å²) in [5, 5.41) is 3.99. The highest BCUT2D eigenvalue weighted by molar-refractivity contribution is 6.00. The van der Waals surface area contributed by atoms with E-state index in [0.717, 1.165) is 0 Å². The molecule has 1 heterocycles. The number of hydrogen-bond donors (Lipinski definition) is 1. The van der Waals surface area contributed by atoms with Crippen molar-refractivity contribution in [3.05, 3.63) is 83.6 Å². The molecule has 3 rings (SSSR count). The van der Waals surface area contributed by atoms with Crippen molar-refractivity contribution in [1.29, 1.82) is 0 Å². The van der Waals surface area contributed by atoms with E-state index >= 15 is 0 Å². The Hall–Kier alpha value is -3.61. The number of hydrazone groups is 1. The Morgan fingerprint density at radius 2 is 1.93 bits per heavy atom.